The highest BCUT2D eigenvalue weighted by Gasteiger charge is 2.48. The first kappa shape index (κ1) is 20.8. The molecule has 3 aromatic rings. The van der Waals surface area contributed by atoms with E-state index >= 15 is 0 Å². The number of allylic oxidation sites excluding steroid dienone is 4. The maximum absolute atomic E-state index is 5.30. The van der Waals surface area contributed by atoms with Crippen LogP contribution < -0.4 is 0 Å². The number of hydrogen-bond acceptors (Lipinski definition) is 3. The number of fused-ring (bicyclic) bond motifs is 5. The van der Waals surface area contributed by atoms with E-state index in [1.54, 1.807) is 21.3 Å². The van der Waals surface area contributed by atoms with Crippen LogP contribution in [0.3, 0.4) is 0 Å². The van der Waals surface area contributed by atoms with Crippen LogP contribution in [-0.2, 0) is 20.8 Å². The van der Waals surface area contributed by atoms with Gasteiger partial charge in [0.05, 0.1) is 19.8 Å². The second-order valence-electron chi connectivity index (χ2n) is 8.16. The molecule has 3 heteroatoms. The van der Waals surface area contributed by atoms with Crippen LogP contribution in [0, 0.1) is 17.3 Å². The van der Waals surface area contributed by atoms with E-state index in [-0.39, 0.29) is 5.41 Å². The molecular formula is C27H30O3. The zero-order valence-corrected chi connectivity index (χ0v) is 18.0. The molecule has 0 spiro atoms. The summed E-state index contributed by atoms with van der Waals surface area (Å²) in [6, 6.07) is 19.2. The molecule has 2 aliphatic carbocycles. The predicted octanol–water partition coefficient (Wildman–Crippen LogP) is 5.78. The van der Waals surface area contributed by atoms with E-state index in [4.69, 9.17) is 14.2 Å². The Labute approximate surface area is 178 Å². The average Bonchev–Trinajstić information content (AvgIpc) is 3.28. The van der Waals surface area contributed by atoms with Gasteiger partial charge < -0.3 is 14.2 Å². The molecule has 0 atom stereocenters. The molecule has 30 heavy (non-hydrogen) atoms. The van der Waals surface area contributed by atoms with Crippen molar-refractivity contribution in [2.45, 2.75) is 6.61 Å². The summed E-state index contributed by atoms with van der Waals surface area (Å²) in [5.41, 5.74) is 1.41. The molecule has 3 nitrogen and oxygen atoms in total. The van der Waals surface area contributed by atoms with Gasteiger partial charge in [0, 0.05) is 38.6 Å². The number of hydrogen-bond donors (Lipinski definition) is 0. The van der Waals surface area contributed by atoms with Crippen molar-refractivity contribution >= 4 is 21.5 Å². The van der Waals surface area contributed by atoms with Gasteiger partial charge in [-0.3, -0.25) is 0 Å². The van der Waals surface area contributed by atoms with Crippen LogP contribution in [0.15, 0.2) is 78.9 Å². The summed E-state index contributed by atoms with van der Waals surface area (Å²) in [6.45, 7) is 2.21. The lowest BCUT2D eigenvalue weighted by molar-refractivity contribution is -0.00937. The van der Waals surface area contributed by atoms with E-state index in [0.717, 1.165) is 13.2 Å². The molecule has 0 amide bonds. The minimum atomic E-state index is 0.156. The predicted molar refractivity (Wildman–Crippen MR) is 124 cm³/mol. The largest absolute Gasteiger partial charge is 0.384 e. The number of ether oxygens (including phenoxy) is 3. The Kier molecular flexibility index (Phi) is 6.33. The van der Waals surface area contributed by atoms with E-state index in [1.807, 2.05) is 0 Å². The third-order valence-electron chi connectivity index (χ3n) is 6.36. The SMILES string of the molecule is COCC1(COC)C2C=CC1C=C2.COCc1cccc2ccc3ccccc3c12. The van der Waals surface area contributed by atoms with Crippen molar-refractivity contribution in [3.63, 3.8) is 0 Å². The van der Waals surface area contributed by atoms with Gasteiger partial charge >= 0.3 is 0 Å². The van der Waals surface area contributed by atoms with Crippen LogP contribution in [-0.4, -0.2) is 34.5 Å². The van der Waals surface area contributed by atoms with Crippen molar-refractivity contribution in [1.29, 1.82) is 0 Å². The fourth-order valence-electron chi connectivity index (χ4n) is 4.97. The van der Waals surface area contributed by atoms with Crippen LogP contribution in [0.25, 0.3) is 21.5 Å². The van der Waals surface area contributed by atoms with Gasteiger partial charge in [0.15, 0.2) is 0 Å². The highest BCUT2D eigenvalue weighted by atomic mass is 16.5. The number of methoxy groups -OCH3 is 3. The molecule has 156 valence electrons. The zero-order chi connectivity index (χ0) is 21.0. The maximum atomic E-state index is 5.30. The van der Waals surface area contributed by atoms with Crippen molar-refractivity contribution in [2.24, 2.45) is 17.3 Å². The molecule has 0 fully saturated rings. The van der Waals surface area contributed by atoms with Gasteiger partial charge in [-0.2, -0.15) is 0 Å². The molecule has 0 aliphatic heterocycles. The first-order valence-corrected chi connectivity index (χ1v) is 10.5. The van der Waals surface area contributed by atoms with Gasteiger partial charge in [-0.15, -0.1) is 0 Å². The van der Waals surface area contributed by atoms with Crippen molar-refractivity contribution < 1.29 is 14.2 Å². The standard InChI is InChI=1S/C16H14O.C11H16O2/c1-17-11-14-7-4-6-13-10-9-12-5-2-3-8-15(12)16(13)14;1-12-7-11(8-13-2)9-3-4-10(11)6-5-9/h2-10H,11H2,1H3;3-6,9-10H,7-8H2,1-2H3. The summed E-state index contributed by atoms with van der Waals surface area (Å²) in [5.74, 6) is 1.02. The highest BCUT2D eigenvalue weighted by Crippen LogP contribution is 2.49. The second kappa shape index (κ2) is 9.13. The summed E-state index contributed by atoms with van der Waals surface area (Å²) in [6.07, 6.45) is 9.07. The van der Waals surface area contributed by atoms with E-state index in [2.05, 4.69) is 78.9 Å². The molecule has 0 saturated heterocycles. The van der Waals surface area contributed by atoms with E-state index in [9.17, 15) is 0 Å². The molecule has 5 rings (SSSR count). The van der Waals surface area contributed by atoms with Crippen LogP contribution in [0.2, 0.25) is 0 Å². The molecule has 2 bridgehead atoms. The Balaban J connectivity index is 0.000000151. The van der Waals surface area contributed by atoms with Gasteiger partial charge in [0.2, 0.25) is 0 Å². The van der Waals surface area contributed by atoms with Gasteiger partial charge in [-0.05, 0) is 27.1 Å². The summed E-state index contributed by atoms with van der Waals surface area (Å²) in [5, 5.41) is 5.17. The Bertz CT molecular complexity index is 1030. The lowest BCUT2D eigenvalue weighted by Crippen LogP contribution is -2.37. The molecule has 0 heterocycles. The molecule has 0 N–H and O–H groups in total. The first-order valence-electron chi connectivity index (χ1n) is 10.5. The Morgan fingerprint density at radius 2 is 1.27 bits per heavy atom. The van der Waals surface area contributed by atoms with Crippen LogP contribution in [0.4, 0.5) is 0 Å². The van der Waals surface area contributed by atoms with Gasteiger partial charge in [-0.25, -0.2) is 0 Å². The van der Waals surface area contributed by atoms with E-state index in [0.29, 0.717) is 18.4 Å². The van der Waals surface area contributed by atoms with Crippen molar-refractivity contribution in [3.05, 3.63) is 84.5 Å². The van der Waals surface area contributed by atoms with Crippen LogP contribution in [0.5, 0.6) is 0 Å². The lowest BCUT2D eigenvalue weighted by Gasteiger charge is -2.33. The molecule has 0 aromatic heterocycles. The molecule has 3 aromatic carbocycles. The normalized spacial score (nSPS) is 20.6. The average molecular weight is 403 g/mol. The van der Waals surface area contributed by atoms with E-state index in [1.165, 1.54) is 27.1 Å². The van der Waals surface area contributed by atoms with Gasteiger partial charge in [-0.1, -0.05) is 78.9 Å². The fourth-order valence-corrected chi connectivity index (χ4v) is 4.97. The second-order valence-corrected chi connectivity index (χ2v) is 8.16. The molecule has 0 saturated carbocycles. The van der Waals surface area contributed by atoms with Crippen molar-refractivity contribution in [3.8, 4) is 0 Å². The Morgan fingerprint density at radius 1 is 0.667 bits per heavy atom. The monoisotopic (exact) mass is 402 g/mol. The molecular weight excluding hydrogens is 372 g/mol. The topological polar surface area (TPSA) is 27.7 Å². The van der Waals surface area contributed by atoms with Gasteiger partial charge in [0.25, 0.3) is 0 Å². The summed E-state index contributed by atoms with van der Waals surface area (Å²) in [4.78, 5) is 0. The number of benzene rings is 3. The summed E-state index contributed by atoms with van der Waals surface area (Å²) < 4.78 is 15.9. The molecule has 0 unspecified atom stereocenters. The quantitative estimate of drug-likeness (QED) is 0.387. The fraction of sp³-hybridized carbons (Fsp3) is 0.333. The summed E-state index contributed by atoms with van der Waals surface area (Å²) in [7, 11) is 5.26. The number of rotatable bonds is 6. The van der Waals surface area contributed by atoms with Crippen molar-refractivity contribution in [2.75, 3.05) is 34.5 Å². The minimum absolute atomic E-state index is 0.156. The van der Waals surface area contributed by atoms with Crippen LogP contribution in [0.1, 0.15) is 5.56 Å². The summed E-state index contributed by atoms with van der Waals surface area (Å²) >= 11 is 0. The first-order chi connectivity index (χ1) is 14.7. The molecule has 0 radical (unpaired) electrons. The van der Waals surface area contributed by atoms with Crippen LogP contribution >= 0.6 is 0 Å². The van der Waals surface area contributed by atoms with E-state index < -0.39 is 0 Å². The maximum Gasteiger partial charge on any atom is 0.0719 e. The smallest absolute Gasteiger partial charge is 0.0719 e. The van der Waals surface area contributed by atoms with Gasteiger partial charge in [0.1, 0.15) is 0 Å². The Hall–Kier alpha value is -2.46. The highest BCUT2D eigenvalue weighted by molar-refractivity contribution is 6.09. The third-order valence-corrected chi connectivity index (χ3v) is 6.36. The Morgan fingerprint density at radius 3 is 1.90 bits per heavy atom. The third kappa shape index (κ3) is 3.69. The molecule has 2 aliphatic rings. The minimum Gasteiger partial charge on any atom is -0.384 e. The van der Waals surface area contributed by atoms with Crippen molar-refractivity contribution in [1.82, 2.24) is 0 Å². The zero-order valence-electron chi connectivity index (χ0n) is 18.0. The lowest BCUT2D eigenvalue weighted by atomic mass is 9.77.